The fraction of sp³-hybridized carbons (Fsp3) is 0.0769. The first-order valence-electron chi connectivity index (χ1n) is 5.51. The van der Waals surface area contributed by atoms with Gasteiger partial charge in [-0.05, 0) is 17.7 Å². The molecule has 0 aliphatic rings. The predicted molar refractivity (Wildman–Crippen MR) is 67.7 cm³/mol. The van der Waals surface area contributed by atoms with Gasteiger partial charge in [-0.25, -0.2) is 4.79 Å². The molecule has 18 heavy (non-hydrogen) atoms. The number of anilines is 1. The quantitative estimate of drug-likeness (QED) is 0.635. The standard InChI is InChI=1S/C13H13N3O2/c17-13(15-12-4-2-1-3-5-12)14-10-11-6-8-16(18)9-7-11/h1-9H,10H2,(H2,14,15,17). The van der Waals surface area contributed by atoms with E-state index in [1.165, 1.54) is 12.4 Å². The Bertz CT molecular complexity index is 512. The molecule has 0 bridgehead atoms. The maximum Gasteiger partial charge on any atom is 0.319 e. The molecule has 1 heterocycles. The molecule has 0 radical (unpaired) electrons. The van der Waals surface area contributed by atoms with Gasteiger partial charge in [0.15, 0.2) is 12.4 Å². The molecule has 0 spiro atoms. The third-order valence-electron chi connectivity index (χ3n) is 2.36. The lowest BCUT2D eigenvalue weighted by Gasteiger charge is -2.07. The highest BCUT2D eigenvalue weighted by atomic mass is 16.5. The molecule has 5 heteroatoms. The number of nitrogens with zero attached hydrogens (tertiary/aromatic N) is 1. The maximum atomic E-state index is 11.6. The summed E-state index contributed by atoms with van der Waals surface area (Å²) in [5.41, 5.74) is 1.60. The van der Waals surface area contributed by atoms with E-state index in [1.54, 1.807) is 12.1 Å². The molecular weight excluding hydrogens is 230 g/mol. The van der Waals surface area contributed by atoms with Gasteiger partial charge >= 0.3 is 6.03 Å². The number of rotatable bonds is 3. The highest BCUT2D eigenvalue weighted by molar-refractivity contribution is 5.89. The van der Waals surface area contributed by atoms with Gasteiger partial charge in [0.1, 0.15) is 0 Å². The van der Waals surface area contributed by atoms with E-state index >= 15 is 0 Å². The van der Waals surface area contributed by atoms with Crippen molar-refractivity contribution in [3.63, 3.8) is 0 Å². The molecular formula is C13H13N3O2. The van der Waals surface area contributed by atoms with Crippen LogP contribution in [0.2, 0.25) is 0 Å². The first kappa shape index (κ1) is 11.9. The summed E-state index contributed by atoms with van der Waals surface area (Å²) in [6.07, 6.45) is 2.79. The minimum Gasteiger partial charge on any atom is -0.619 e. The Morgan fingerprint density at radius 2 is 1.78 bits per heavy atom. The van der Waals surface area contributed by atoms with Crippen LogP contribution >= 0.6 is 0 Å². The molecule has 2 rings (SSSR count). The number of carbonyl (C=O) groups excluding carboxylic acids is 1. The fourth-order valence-corrected chi connectivity index (χ4v) is 1.44. The van der Waals surface area contributed by atoms with Crippen LogP contribution in [-0.4, -0.2) is 6.03 Å². The molecule has 5 nitrogen and oxygen atoms in total. The van der Waals surface area contributed by atoms with Crippen LogP contribution in [0, 0.1) is 5.21 Å². The van der Waals surface area contributed by atoms with Crippen molar-refractivity contribution in [1.82, 2.24) is 5.32 Å². The molecule has 2 aromatic rings. The molecule has 0 atom stereocenters. The second-order valence-corrected chi connectivity index (χ2v) is 3.74. The molecule has 0 aliphatic heterocycles. The lowest BCUT2D eigenvalue weighted by molar-refractivity contribution is -0.605. The van der Waals surface area contributed by atoms with Crippen LogP contribution in [-0.2, 0) is 6.54 Å². The van der Waals surface area contributed by atoms with Gasteiger partial charge < -0.3 is 15.8 Å². The summed E-state index contributed by atoms with van der Waals surface area (Å²) >= 11 is 0. The largest absolute Gasteiger partial charge is 0.619 e. The monoisotopic (exact) mass is 243 g/mol. The second kappa shape index (κ2) is 5.67. The molecule has 1 aromatic carbocycles. The first-order valence-corrected chi connectivity index (χ1v) is 5.51. The number of nitrogens with one attached hydrogen (secondary N) is 2. The lowest BCUT2D eigenvalue weighted by atomic mass is 10.3. The van der Waals surface area contributed by atoms with E-state index in [1.807, 2.05) is 30.3 Å². The minimum atomic E-state index is -0.278. The molecule has 0 unspecified atom stereocenters. The summed E-state index contributed by atoms with van der Waals surface area (Å²) in [7, 11) is 0. The Kier molecular flexibility index (Phi) is 3.76. The van der Waals surface area contributed by atoms with E-state index in [-0.39, 0.29) is 6.03 Å². The fourth-order valence-electron chi connectivity index (χ4n) is 1.44. The Labute approximate surface area is 105 Å². The molecule has 2 N–H and O–H groups in total. The van der Waals surface area contributed by atoms with Crippen molar-refractivity contribution in [2.24, 2.45) is 0 Å². The van der Waals surface area contributed by atoms with E-state index in [9.17, 15) is 10.0 Å². The Hall–Kier alpha value is -2.56. The zero-order valence-electron chi connectivity index (χ0n) is 9.67. The summed E-state index contributed by atoms with van der Waals surface area (Å²) in [5.74, 6) is 0. The number of para-hydroxylation sites is 1. The topological polar surface area (TPSA) is 68.1 Å². The van der Waals surface area contributed by atoms with Crippen LogP contribution in [0.25, 0.3) is 0 Å². The molecule has 0 fully saturated rings. The number of hydrogen-bond donors (Lipinski definition) is 2. The third kappa shape index (κ3) is 3.48. The van der Waals surface area contributed by atoms with Crippen molar-refractivity contribution in [2.75, 3.05) is 5.32 Å². The minimum absolute atomic E-state index is 0.278. The van der Waals surface area contributed by atoms with Gasteiger partial charge in [-0.2, -0.15) is 4.73 Å². The summed E-state index contributed by atoms with van der Waals surface area (Å²) in [4.78, 5) is 11.6. The van der Waals surface area contributed by atoms with Crippen molar-refractivity contribution in [2.45, 2.75) is 6.54 Å². The van der Waals surface area contributed by atoms with Crippen molar-refractivity contribution < 1.29 is 9.52 Å². The zero-order chi connectivity index (χ0) is 12.8. The van der Waals surface area contributed by atoms with Crippen LogP contribution in [0.3, 0.4) is 0 Å². The molecule has 0 saturated carbocycles. The normalized spacial score (nSPS) is 9.78. The van der Waals surface area contributed by atoms with E-state index in [0.29, 0.717) is 11.3 Å². The number of pyridine rings is 1. The SMILES string of the molecule is O=C(NCc1cc[n+]([O-])cc1)Nc1ccccc1. The Morgan fingerprint density at radius 3 is 2.44 bits per heavy atom. The maximum absolute atomic E-state index is 11.6. The highest BCUT2D eigenvalue weighted by Crippen LogP contribution is 2.04. The number of aromatic nitrogens is 1. The summed E-state index contributed by atoms with van der Waals surface area (Å²) in [5, 5.41) is 16.2. The Balaban J connectivity index is 1.83. The molecule has 0 saturated heterocycles. The van der Waals surface area contributed by atoms with E-state index in [2.05, 4.69) is 10.6 Å². The number of urea groups is 1. The van der Waals surface area contributed by atoms with Crippen molar-refractivity contribution in [3.8, 4) is 0 Å². The van der Waals surface area contributed by atoms with Crippen LogP contribution in [0.4, 0.5) is 10.5 Å². The van der Waals surface area contributed by atoms with Gasteiger partial charge in [0.05, 0.1) is 0 Å². The van der Waals surface area contributed by atoms with Gasteiger partial charge in [-0.1, -0.05) is 18.2 Å². The summed E-state index contributed by atoms with van der Waals surface area (Å²) < 4.78 is 0.702. The molecule has 1 aromatic heterocycles. The smallest absolute Gasteiger partial charge is 0.319 e. The summed E-state index contributed by atoms with van der Waals surface area (Å²) in [6, 6.07) is 12.2. The number of hydrogen-bond acceptors (Lipinski definition) is 2. The Morgan fingerprint density at radius 1 is 1.11 bits per heavy atom. The molecule has 2 amide bonds. The van der Waals surface area contributed by atoms with Gasteiger partial charge in [0, 0.05) is 24.4 Å². The molecule has 92 valence electrons. The van der Waals surface area contributed by atoms with Crippen LogP contribution in [0.1, 0.15) is 5.56 Å². The predicted octanol–water partition coefficient (Wildman–Crippen LogP) is 1.64. The van der Waals surface area contributed by atoms with Gasteiger partial charge in [0.2, 0.25) is 0 Å². The van der Waals surface area contributed by atoms with Gasteiger partial charge in [-0.3, -0.25) is 0 Å². The summed E-state index contributed by atoms with van der Waals surface area (Å²) in [6.45, 7) is 0.375. The number of carbonyl (C=O) groups is 1. The molecule has 0 aliphatic carbocycles. The van der Waals surface area contributed by atoms with Gasteiger partial charge in [0.25, 0.3) is 0 Å². The average Bonchev–Trinajstić information content (AvgIpc) is 2.39. The van der Waals surface area contributed by atoms with Crippen molar-refractivity contribution in [1.29, 1.82) is 0 Å². The third-order valence-corrected chi connectivity index (χ3v) is 2.36. The highest BCUT2D eigenvalue weighted by Gasteiger charge is 2.01. The van der Waals surface area contributed by atoms with E-state index in [0.717, 1.165) is 11.3 Å². The number of amides is 2. The van der Waals surface area contributed by atoms with Crippen molar-refractivity contribution in [3.05, 3.63) is 65.6 Å². The van der Waals surface area contributed by atoms with Crippen LogP contribution < -0.4 is 15.4 Å². The number of benzene rings is 1. The second-order valence-electron chi connectivity index (χ2n) is 3.74. The van der Waals surface area contributed by atoms with E-state index < -0.39 is 0 Å². The van der Waals surface area contributed by atoms with Crippen LogP contribution in [0.15, 0.2) is 54.9 Å². The first-order chi connectivity index (χ1) is 8.74. The van der Waals surface area contributed by atoms with Crippen molar-refractivity contribution >= 4 is 11.7 Å². The zero-order valence-corrected chi connectivity index (χ0v) is 9.67. The lowest BCUT2D eigenvalue weighted by Crippen LogP contribution is -2.29. The average molecular weight is 243 g/mol. The van der Waals surface area contributed by atoms with Gasteiger partial charge in [-0.15, -0.1) is 0 Å². The van der Waals surface area contributed by atoms with Crippen LogP contribution in [0.5, 0.6) is 0 Å². The van der Waals surface area contributed by atoms with E-state index in [4.69, 9.17) is 0 Å².